The van der Waals surface area contributed by atoms with Gasteiger partial charge in [-0.15, -0.1) is 0 Å². The van der Waals surface area contributed by atoms with E-state index in [4.69, 9.17) is 0 Å². The molecule has 31 heavy (non-hydrogen) atoms. The maximum Gasteiger partial charge on any atom is 0.320 e. The van der Waals surface area contributed by atoms with E-state index in [1.165, 1.54) is 12.1 Å². The van der Waals surface area contributed by atoms with Crippen molar-refractivity contribution in [2.24, 2.45) is 0 Å². The van der Waals surface area contributed by atoms with Crippen molar-refractivity contribution in [1.82, 2.24) is 15.1 Å². The molecule has 0 radical (unpaired) electrons. The number of fused-ring (bicyclic) bond motifs is 3. The first-order chi connectivity index (χ1) is 15.0. The number of hydrogen-bond acceptors (Lipinski definition) is 2. The van der Waals surface area contributed by atoms with Gasteiger partial charge in [0.1, 0.15) is 5.82 Å². The number of rotatable bonds is 3. The highest BCUT2D eigenvalue weighted by Crippen LogP contribution is 2.49. The van der Waals surface area contributed by atoms with Crippen molar-refractivity contribution < 1.29 is 14.0 Å². The molecule has 3 amide bonds. The highest BCUT2D eigenvalue weighted by atomic mass is 19.1. The van der Waals surface area contributed by atoms with Gasteiger partial charge in [-0.3, -0.25) is 9.69 Å². The monoisotopic (exact) mass is 415 g/mol. The van der Waals surface area contributed by atoms with Crippen LogP contribution in [0.5, 0.6) is 0 Å². The molecule has 3 aromatic rings. The molecule has 5 nitrogen and oxygen atoms in total. The smallest absolute Gasteiger partial charge is 0.320 e. The van der Waals surface area contributed by atoms with Crippen molar-refractivity contribution >= 4 is 11.9 Å². The Morgan fingerprint density at radius 2 is 1.71 bits per heavy atom. The van der Waals surface area contributed by atoms with Crippen LogP contribution in [-0.2, 0) is 12.2 Å². The molecule has 0 bridgehead atoms. The molecular formula is C25H22FN3O2. The number of aryl methyl sites for hydroxylation is 1. The molecule has 5 rings (SSSR count). The number of halogens is 1. The minimum Gasteiger partial charge on any atom is -0.334 e. The summed E-state index contributed by atoms with van der Waals surface area (Å²) in [6.07, 6.45) is 0. The molecule has 2 aliphatic rings. The summed E-state index contributed by atoms with van der Waals surface area (Å²) >= 11 is 0. The normalized spacial score (nSPS) is 19.4. The fourth-order valence-electron chi connectivity index (χ4n) is 4.70. The third-order valence-electron chi connectivity index (χ3n) is 6.16. The average molecular weight is 415 g/mol. The van der Waals surface area contributed by atoms with E-state index in [0.717, 1.165) is 22.3 Å². The molecule has 1 fully saturated rings. The summed E-state index contributed by atoms with van der Waals surface area (Å²) < 4.78 is 13.2. The summed E-state index contributed by atoms with van der Waals surface area (Å²) in [5, 5.41) is 2.95. The molecule has 3 aromatic carbocycles. The molecule has 0 spiro atoms. The number of amides is 3. The zero-order chi connectivity index (χ0) is 21.6. The molecule has 1 atom stereocenters. The Morgan fingerprint density at radius 1 is 1.00 bits per heavy atom. The molecule has 0 saturated carbocycles. The van der Waals surface area contributed by atoms with Crippen molar-refractivity contribution in [3.05, 3.63) is 106 Å². The van der Waals surface area contributed by atoms with Crippen molar-refractivity contribution in [3.63, 3.8) is 0 Å². The first-order valence-electron chi connectivity index (χ1n) is 10.3. The Balaban J connectivity index is 1.55. The van der Waals surface area contributed by atoms with Crippen molar-refractivity contribution in [2.75, 3.05) is 13.1 Å². The number of urea groups is 1. The average Bonchev–Trinajstić information content (AvgIpc) is 3.29. The van der Waals surface area contributed by atoms with Crippen LogP contribution in [0.1, 0.15) is 32.6 Å². The summed E-state index contributed by atoms with van der Waals surface area (Å²) in [5.74, 6) is -0.380. The molecule has 0 aliphatic carbocycles. The highest BCUT2D eigenvalue weighted by Gasteiger charge is 2.59. The maximum absolute atomic E-state index is 13.4. The second-order valence-electron chi connectivity index (χ2n) is 7.98. The quantitative estimate of drug-likeness (QED) is 0.703. The SMILES string of the molecule is Cc1ccc(C23c4ccccc4C(=O)N2CCN3C(=O)NCc2ccc(F)cc2)cc1. The lowest BCUT2D eigenvalue weighted by molar-refractivity contribution is 0.0545. The van der Waals surface area contributed by atoms with Gasteiger partial charge in [0, 0.05) is 36.3 Å². The number of nitrogens with zero attached hydrogens (tertiary/aromatic N) is 2. The largest absolute Gasteiger partial charge is 0.334 e. The van der Waals surface area contributed by atoms with E-state index in [1.807, 2.05) is 55.5 Å². The molecule has 6 heteroatoms. The van der Waals surface area contributed by atoms with Crippen LogP contribution < -0.4 is 5.32 Å². The Bertz CT molecular complexity index is 1160. The fourth-order valence-corrected chi connectivity index (χ4v) is 4.70. The topological polar surface area (TPSA) is 52.7 Å². The number of carbonyl (C=O) groups is 2. The minimum atomic E-state index is -0.978. The van der Waals surface area contributed by atoms with Crippen molar-refractivity contribution in [1.29, 1.82) is 0 Å². The van der Waals surface area contributed by atoms with E-state index >= 15 is 0 Å². The van der Waals surface area contributed by atoms with E-state index in [-0.39, 0.29) is 24.3 Å². The Kier molecular flexibility index (Phi) is 4.50. The lowest BCUT2D eigenvalue weighted by Crippen LogP contribution is -2.54. The molecule has 1 saturated heterocycles. The Morgan fingerprint density at radius 3 is 2.45 bits per heavy atom. The van der Waals surface area contributed by atoms with Crippen LogP contribution >= 0.6 is 0 Å². The van der Waals surface area contributed by atoms with E-state index in [0.29, 0.717) is 18.7 Å². The fraction of sp³-hybridized carbons (Fsp3) is 0.200. The third kappa shape index (κ3) is 2.90. The molecule has 0 aromatic heterocycles. The van der Waals surface area contributed by atoms with Crippen LogP contribution in [0.2, 0.25) is 0 Å². The van der Waals surface area contributed by atoms with Crippen molar-refractivity contribution in [3.8, 4) is 0 Å². The highest BCUT2D eigenvalue weighted by molar-refractivity contribution is 6.02. The Hall–Kier alpha value is -3.67. The Labute approximate surface area is 180 Å². The number of benzene rings is 3. The van der Waals surface area contributed by atoms with Gasteiger partial charge in [-0.05, 0) is 30.7 Å². The van der Waals surface area contributed by atoms with Crippen molar-refractivity contribution in [2.45, 2.75) is 19.1 Å². The third-order valence-corrected chi connectivity index (χ3v) is 6.16. The lowest BCUT2D eigenvalue weighted by atomic mass is 9.89. The van der Waals surface area contributed by atoms with Gasteiger partial charge in [-0.1, -0.05) is 60.2 Å². The standard InChI is InChI=1S/C25H22FN3O2/c1-17-6-10-19(11-7-17)25-22-5-3-2-4-21(22)23(30)28(25)14-15-29(25)24(31)27-16-18-8-12-20(26)13-9-18/h2-13H,14-16H2,1H3,(H,27,31). The predicted octanol–water partition coefficient (Wildman–Crippen LogP) is 4.02. The van der Waals surface area contributed by atoms with E-state index in [1.54, 1.807) is 21.9 Å². The van der Waals surface area contributed by atoms with Crippen LogP contribution in [0.3, 0.4) is 0 Å². The second kappa shape index (κ2) is 7.23. The van der Waals surface area contributed by atoms with Gasteiger partial charge in [0.15, 0.2) is 5.66 Å². The van der Waals surface area contributed by atoms with Crippen LogP contribution in [-0.4, -0.2) is 34.8 Å². The van der Waals surface area contributed by atoms with Gasteiger partial charge >= 0.3 is 6.03 Å². The molecule has 2 aliphatic heterocycles. The van der Waals surface area contributed by atoms with Gasteiger partial charge in [0.05, 0.1) is 0 Å². The predicted molar refractivity (Wildman–Crippen MR) is 115 cm³/mol. The van der Waals surface area contributed by atoms with Gasteiger partial charge in [-0.2, -0.15) is 0 Å². The number of carbonyl (C=O) groups excluding carboxylic acids is 2. The van der Waals surface area contributed by atoms with E-state index < -0.39 is 5.66 Å². The molecular weight excluding hydrogens is 393 g/mol. The first kappa shape index (κ1) is 19.3. The summed E-state index contributed by atoms with van der Waals surface area (Å²) in [7, 11) is 0. The molecule has 156 valence electrons. The molecule has 1 N–H and O–H groups in total. The number of nitrogens with one attached hydrogen (secondary N) is 1. The molecule has 1 unspecified atom stereocenters. The summed E-state index contributed by atoms with van der Waals surface area (Å²) in [4.78, 5) is 30.2. The first-order valence-corrected chi connectivity index (χ1v) is 10.3. The summed E-state index contributed by atoms with van der Waals surface area (Å²) in [6.45, 7) is 3.15. The van der Waals surface area contributed by atoms with E-state index in [2.05, 4.69) is 5.32 Å². The van der Waals surface area contributed by atoms with Crippen LogP contribution in [0.15, 0.2) is 72.8 Å². The van der Waals surface area contributed by atoms with Crippen LogP contribution in [0.25, 0.3) is 0 Å². The van der Waals surface area contributed by atoms with Crippen LogP contribution in [0, 0.1) is 12.7 Å². The van der Waals surface area contributed by atoms with Gasteiger partial charge in [0.2, 0.25) is 0 Å². The second-order valence-corrected chi connectivity index (χ2v) is 7.98. The lowest BCUT2D eigenvalue weighted by Gasteiger charge is -2.40. The minimum absolute atomic E-state index is 0.0648. The van der Waals surface area contributed by atoms with Gasteiger partial charge in [-0.25, -0.2) is 9.18 Å². The zero-order valence-electron chi connectivity index (χ0n) is 17.1. The number of hydrogen-bond donors (Lipinski definition) is 1. The maximum atomic E-state index is 13.4. The summed E-state index contributed by atoms with van der Waals surface area (Å²) in [5.41, 5.74) is 3.25. The zero-order valence-corrected chi connectivity index (χ0v) is 17.1. The van der Waals surface area contributed by atoms with E-state index in [9.17, 15) is 14.0 Å². The summed E-state index contributed by atoms with van der Waals surface area (Å²) in [6, 6.07) is 21.3. The molecule has 2 heterocycles. The van der Waals surface area contributed by atoms with Gasteiger partial charge < -0.3 is 10.2 Å². The van der Waals surface area contributed by atoms with Crippen LogP contribution in [0.4, 0.5) is 9.18 Å². The van der Waals surface area contributed by atoms with Gasteiger partial charge in [0.25, 0.3) is 5.91 Å².